The van der Waals surface area contributed by atoms with Crippen molar-refractivity contribution in [3.63, 3.8) is 0 Å². The molecule has 0 aromatic rings. The molecular weight excluding hydrogens is 100 g/mol. The van der Waals surface area contributed by atoms with Crippen LogP contribution in [0.2, 0.25) is 0 Å². The molecule has 0 radical (unpaired) electrons. The summed E-state index contributed by atoms with van der Waals surface area (Å²) in [6.45, 7) is 0. The van der Waals surface area contributed by atoms with Crippen molar-refractivity contribution in [1.82, 2.24) is 0 Å². The van der Waals surface area contributed by atoms with E-state index < -0.39 is 0 Å². The van der Waals surface area contributed by atoms with Crippen LogP contribution in [0.25, 0.3) is 0 Å². The summed E-state index contributed by atoms with van der Waals surface area (Å²) in [6, 6.07) is 0. The highest BCUT2D eigenvalue weighted by Gasteiger charge is 2.39. The fraction of sp³-hybridized carbons (Fsp3) is 0.857. The summed E-state index contributed by atoms with van der Waals surface area (Å²) < 4.78 is 0. The summed E-state index contributed by atoms with van der Waals surface area (Å²) >= 11 is 0. The summed E-state index contributed by atoms with van der Waals surface area (Å²) in [5, 5.41) is 0. The molecule has 2 saturated carbocycles. The average Bonchev–Trinajstić information content (AvgIpc) is 2.37. The zero-order chi connectivity index (χ0) is 5.56. The molecule has 0 unspecified atom stereocenters. The lowest BCUT2D eigenvalue weighted by atomic mass is 9.80. The first-order valence-electron chi connectivity index (χ1n) is 3.38. The van der Waals surface area contributed by atoms with Crippen molar-refractivity contribution in [1.29, 1.82) is 0 Å². The monoisotopic (exact) mass is 110 g/mol. The average molecular weight is 110 g/mol. The van der Waals surface area contributed by atoms with Gasteiger partial charge >= 0.3 is 0 Å². The van der Waals surface area contributed by atoms with Crippen molar-refractivity contribution in [2.24, 2.45) is 11.8 Å². The second-order valence-electron chi connectivity index (χ2n) is 3.04. The lowest BCUT2D eigenvalue weighted by Crippen LogP contribution is -2.24. The van der Waals surface area contributed by atoms with Gasteiger partial charge in [-0.15, -0.1) is 0 Å². The third kappa shape index (κ3) is 0.575. The zero-order valence-corrected chi connectivity index (χ0v) is 4.89. The van der Waals surface area contributed by atoms with Gasteiger partial charge in [0.2, 0.25) is 0 Å². The predicted molar refractivity (Wildman–Crippen MR) is 30.5 cm³/mol. The summed E-state index contributed by atoms with van der Waals surface area (Å²) in [4.78, 5) is 10.4. The van der Waals surface area contributed by atoms with Gasteiger partial charge in [0.05, 0.1) is 0 Å². The highest BCUT2D eigenvalue weighted by atomic mass is 16.1. The molecular formula is C7H10O. The molecule has 0 spiro atoms. The van der Waals surface area contributed by atoms with Gasteiger partial charge in [-0.2, -0.15) is 0 Å². The Balaban J connectivity index is 1.86. The molecule has 44 valence electrons. The van der Waals surface area contributed by atoms with E-state index >= 15 is 0 Å². The topological polar surface area (TPSA) is 17.1 Å². The Morgan fingerprint density at radius 2 is 1.75 bits per heavy atom. The lowest BCUT2D eigenvalue weighted by molar-refractivity contribution is -0.127. The molecule has 0 amide bonds. The fourth-order valence-corrected chi connectivity index (χ4v) is 1.43. The Bertz CT molecular complexity index is 116. The second-order valence-corrected chi connectivity index (χ2v) is 3.04. The molecule has 0 N–H and O–H groups in total. The minimum Gasteiger partial charge on any atom is -0.300 e. The molecule has 2 rings (SSSR count). The van der Waals surface area contributed by atoms with Crippen LogP contribution in [0.15, 0.2) is 0 Å². The minimum atomic E-state index is 0.488. The van der Waals surface area contributed by atoms with Crippen LogP contribution in [0.5, 0.6) is 0 Å². The Labute approximate surface area is 49.1 Å². The SMILES string of the molecule is O=C1CC(C2CC2)C1. The highest BCUT2D eigenvalue weighted by Crippen LogP contribution is 2.44. The van der Waals surface area contributed by atoms with Gasteiger partial charge in [-0.05, 0) is 24.7 Å². The summed E-state index contributed by atoms with van der Waals surface area (Å²) in [6.07, 6.45) is 4.62. The largest absolute Gasteiger partial charge is 0.300 e. The van der Waals surface area contributed by atoms with Crippen LogP contribution in [0, 0.1) is 11.8 Å². The van der Waals surface area contributed by atoms with Crippen molar-refractivity contribution in [3.05, 3.63) is 0 Å². The van der Waals surface area contributed by atoms with E-state index in [1.807, 2.05) is 0 Å². The van der Waals surface area contributed by atoms with Crippen LogP contribution in [0.3, 0.4) is 0 Å². The van der Waals surface area contributed by atoms with Gasteiger partial charge in [0.15, 0.2) is 0 Å². The molecule has 0 atom stereocenters. The van der Waals surface area contributed by atoms with Crippen LogP contribution in [-0.4, -0.2) is 5.78 Å². The summed E-state index contributed by atoms with van der Waals surface area (Å²) in [5.41, 5.74) is 0. The van der Waals surface area contributed by atoms with Crippen LogP contribution in [-0.2, 0) is 4.79 Å². The van der Waals surface area contributed by atoms with Crippen molar-refractivity contribution in [3.8, 4) is 0 Å². The number of hydrogen-bond donors (Lipinski definition) is 0. The Morgan fingerprint density at radius 3 is 2.12 bits per heavy atom. The molecule has 2 aliphatic carbocycles. The van der Waals surface area contributed by atoms with E-state index in [2.05, 4.69) is 0 Å². The van der Waals surface area contributed by atoms with E-state index in [-0.39, 0.29) is 0 Å². The van der Waals surface area contributed by atoms with Gasteiger partial charge in [-0.1, -0.05) is 0 Å². The first-order chi connectivity index (χ1) is 3.86. The first kappa shape index (κ1) is 4.54. The third-order valence-corrected chi connectivity index (χ3v) is 2.27. The lowest BCUT2D eigenvalue weighted by Gasteiger charge is -2.22. The zero-order valence-electron chi connectivity index (χ0n) is 4.89. The maximum absolute atomic E-state index is 10.4. The third-order valence-electron chi connectivity index (χ3n) is 2.27. The molecule has 2 fully saturated rings. The van der Waals surface area contributed by atoms with E-state index in [1.54, 1.807) is 0 Å². The Morgan fingerprint density at radius 1 is 1.12 bits per heavy atom. The maximum Gasteiger partial charge on any atom is 0.133 e. The molecule has 0 aromatic carbocycles. The number of ketones is 1. The molecule has 0 aromatic heterocycles. The smallest absolute Gasteiger partial charge is 0.133 e. The number of hydrogen-bond acceptors (Lipinski definition) is 1. The number of carbonyl (C=O) groups is 1. The maximum atomic E-state index is 10.4. The molecule has 0 heterocycles. The normalized spacial score (nSPS) is 30.2. The highest BCUT2D eigenvalue weighted by molar-refractivity contribution is 5.84. The van der Waals surface area contributed by atoms with Crippen molar-refractivity contribution >= 4 is 5.78 Å². The van der Waals surface area contributed by atoms with Crippen LogP contribution >= 0.6 is 0 Å². The molecule has 8 heavy (non-hydrogen) atoms. The van der Waals surface area contributed by atoms with Gasteiger partial charge in [-0.25, -0.2) is 0 Å². The Kier molecular flexibility index (Phi) is 0.758. The standard InChI is InChI=1S/C7H10O/c8-7-3-6(4-7)5-1-2-5/h5-6H,1-4H2. The van der Waals surface area contributed by atoms with Gasteiger partial charge in [0, 0.05) is 12.8 Å². The molecule has 1 nitrogen and oxygen atoms in total. The van der Waals surface area contributed by atoms with Crippen molar-refractivity contribution < 1.29 is 4.79 Å². The quantitative estimate of drug-likeness (QED) is 0.498. The van der Waals surface area contributed by atoms with E-state index in [0.717, 1.165) is 24.7 Å². The van der Waals surface area contributed by atoms with Crippen LogP contribution < -0.4 is 0 Å². The molecule has 0 aliphatic heterocycles. The minimum absolute atomic E-state index is 0.488. The van der Waals surface area contributed by atoms with Crippen molar-refractivity contribution in [2.45, 2.75) is 25.7 Å². The van der Waals surface area contributed by atoms with Gasteiger partial charge in [0.1, 0.15) is 5.78 Å². The predicted octanol–water partition coefficient (Wildman–Crippen LogP) is 1.38. The molecule has 2 aliphatic rings. The molecule has 1 heteroatoms. The number of carbonyl (C=O) groups excluding carboxylic acids is 1. The van der Waals surface area contributed by atoms with Crippen LogP contribution in [0.1, 0.15) is 25.7 Å². The fourth-order valence-electron chi connectivity index (χ4n) is 1.43. The van der Waals surface area contributed by atoms with Gasteiger partial charge in [-0.3, -0.25) is 4.79 Å². The van der Waals surface area contributed by atoms with Crippen LogP contribution in [0.4, 0.5) is 0 Å². The van der Waals surface area contributed by atoms with E-state index in [0.29, 0.717) is 5.78 Å². The van der Waals surface area contributed by atoms with Crippen molar-refractivity contribution in [2.75, 3.05) is 0 Å². The number of rotatable bonds is 1. The summed E-state index contributed by atoms with van der Waals surface area (Å²) in [7, 11) is 0. The van der Waals surface area contributed by atoms with E-state index in [1.165, 1.54) is 12.8 Å². The first-order valence-corrected chi connectivity index (χ1v) is 3.38. The second kappa shape index (κ2) is 1.34. The molecule has 0 saturated heterocycles. The van der Waals surface area contributed by atoms with E-state index in [9.17, 15) is 4.79 Å². The summed E-state index contributed by atoms with van der Waals surface area (Å²) in [5.74, 6) is 2.28. The van der Waals surface area contributed by atoms with Gasteiger partial charge in [0.25, 0.3) is 0 Å². The van der Waals surface area contributed by atoms with E-state index in [4.69, 9.17) is 0 Å². The molecule has 0 bridgehead atoms. The number of Topliss-reactive ketones (excluding diaryl/α,β-unsaturated/α-hetero) is 1. The van der Waals surface area contributed by atoms with Gasteiger partial charge < -0.3 is 0 Å². The Hall–Kier alpha value is -0.330.